The molecule has 122 valence electrons. The number of nitrogens with one attached hydrogen (secondary N) is 1. The van der Waals surface area contributed by atoms with Gasteiger partial charge in [-0.2, -0.15) is 15.4 Å². The van der Waals surface area contributed by atoms with Crippen molar-refractivity contribution in [2.24, 2.45) is 0 Å². The monoisotopic (exact) mass is 329 g/mol. The van der Waals surface area contributed by atoms with Gasteiger partial charge in [0.05, 0.1) is 16.7 Å². The summed E-state index contributed by atoms with van der Waals surface area (Å²) in [6.07, 6.45) is 0. The van der Waals surface area contributed by atoms with Crippen molar-refractivity contribution in [2.45, 2.75) is 0 Å². The first-order valence-electron chi connectivity index (χ1n) is 6.49. The lowest BCUT2D eigenvalue weighted by Gasteiger charge is -2.00. The molecule has 0 saturated carbocycles. The Morgan fingerprint density at radius 2 is 1.04 bits per heavy atom. The number of rotatable bonds is 3. The van der Waals surface area contributed by atoms with E-state index in [4.69, 9.17) is 15.3 Å². The molecule has 0 aliphatic carbocycles. The molecule has 3 aromatic rings. The zero-order chi connectivity index (χ0) is 17.7. The van der Waals surface area contributed by atoms with Crippen LogP contribution in [0.3, 0.4) is 0 Å². The van der Waals surface area contributed by atoms with Crippen LogP contribution in [0.15, 0.2) is 42.5 Å². The second-order valence-corrected chi connectivity index (χ2v) is 4.53. The van der Waals surface area contributed by atoms with E-state index in [0.717, 1.165) is 29.2 Å². The quantitative estimate of drug-likeness (QED) is 0.566. The van der Waals surface area contributed by atoms with Gasteiger partial charge < -0.3 is 15.3 Å². The maximum absolute atomic E-state index is 10.6. The van der Waals surface area contributed by atoms with Crippen LogP contribution >= 0.6 is 0 Å². The first kappa shape index (κ1) is 16.6. The Bertz CT molecular complexity index is 809. The molecule has 24 heavy (non-hydrogen) atoms. The Hall–Kier alpha value is -3.75. The lowest BCUT2D eigenvalue weighted by molar-refractivity contribution is 0.0696. The summed E-state index contributed by atoms with van der Waals surface area (Å²) in [5.74, 6) is -4.12. The highest BCUT2D eigenvalue weighted by molar-refractivity contribution is 5.98. The topological polar surface area (TPSA) is 153 Å². The van der Waals surface area contributed by atoms with E-state index < -0.39 is 17.9 Å². The van der Waals surface area contributed by atoms with E-state index in [1.807, 2.05) is 24.3 Å². The Morgan fingerprint density at radius 3 is 1.33 bits per heavy atom. The van der Waals surface area contributed by atoms with Crippen molar-refractivity contribution < 1.29 is 29.7 Å². The summed E-state index contributed by atoms with van der Waals surface area (Å²) in [7, 11) is 0. The average molecular weight is 329 g/mol. The van der Waals surface area contributed by atoms with Crippen LogP contribution in [-0.2, 0) is 0 Å². The van der Waals surface area contributed by atoms with Gasteiger partial charge in [-0.25, -0.2) is 14.4 Å². The average Bonchev–Trinajstić information content (AvgIpc) is 3.03. The molecule has 0 amide bonds. The first-order chi connectivity index (χ1) is 11.4. The standard InChI is InChI=1S/C9H6O6.C6H5N3/c10-7(11)4-1-5(8(12)13)3-6(2-4)9(14)15;1-2-4-6-5(3-1)7-9-8-6/h1-3H,(H,10,11)(H,12,13)(H,14,15);1-4H,(H,7,8,9). The van der Waals surface area contributed by atoms with Crippen LogP contribution in [-0.4, -0.2) is 48.6 Å². The Labute approximate surface area is 134 Å². The minimum Gasteiger partial charge on any atom is -0.478 e. The fourth-order valence-corrected chi connectivity index (χ4v) is 1.78. The smallest absolute Gasteiger partial charge is 0.335 e. The summed E-state index contributed by atoms with van der Waals surface area (Å²) in [5, 5.41) is 36.1. The van der Waals surface area contributed by atoms with Crippen molar-refractivity contribution in [3.8, 4) is 0 Å². The van der Waals surface area contributed by atoms with Crippen molar-refractivity contribution >= 4 is 28.9 Å². The van der Waals surface area contributed by atoms with Gasteiger partial charge in [0.1, 0.15) is 11.0 Å². The summed E-state index contributed by atoms with van der Waals surface area (Å²) in [6.45, 7) is 0. The third-order valence-corrected chi connectivity index (χ3v) is 2.90. The Morgan fingerprint density at radius 1 is 0.708 bits per heavy atom. The number of hydrogen-bond acceptors (Lipinski definition) is 5. The number of aromatic amines is 1. The van der Waals surface area contributed by atoms with Gasteiger partial charge in [-0.3, -0.25) is 0 Å². The number of carbonyl (C=O) groups is 3. The number of aromatic nitrogens is 3. The van der Waals surface area contributed by atoms with Crippen LogP contribution in [0, 0.1) is 0 Å². The molecule has 2 aromatic carbocycles. The fourth-order valence-electron chi connectivity index (χ4n) is 1.78. The number of nitrogens with zero attached hydrogens (tertiary/aromatic N) is 2. The predicted octanol–water partition coefficient (Wildman–Crippen LogP) is 1.74. The number of para-hydroxylation sites is 2. The zero-order valence-corrected chi connectivity index (χ0v) is 12.0. The van der Waals surface area contributed by atoms with Crippen LogP contribution < -0.4 is 0 Å². The number of H-pyrrole nitrogens is 1. The van der Waals surface area contributed by atoms with E-state index in [-0.39, 0.29) is 16.7 Å². The molecule has 0 aliphatic heterocycles. The highest BCUT2D eigenvalue weighted by atomic mass is 16.4. The van der Waals surface area contributed by atoms with Gasteiger partial charge >= 0.3 is 17.9 Å². The molecular formula is C15H11N3O6. The van der Waals surface area contributed by atoms with E-state index in [1.54, 1.807) is 0 Å². The van der Waals surface area contributed by atoms with Gasteiger partial charge in [0.25, 0.3) is 0 Å². The molecule has 4 N–H and O–H groups in total. The molecule has 9 heteroatoms. The first-order valence-corrected chi connectivity index (χ1v) is 6.49. The van der Waals surface area contributed by atoms with Crippen molar-refractivity contribution in [1.82, 2.24) is 15.4 Å². The van der Waals surface area contributed by atoms with Gasteiger partial charge in [0.15, 0.2) is 0 Å². The largest absolute Gasteiger partial charge is 0.478 e. The predicted molar refractivity (Wildman–Crippen MR) is 81.2 cm³/mol. The summed E-state index contributed by atoms with van der Waals surface area (Å²) in [5.41, 5.74) is 0.724. The van der Waals surface area contributed by atoms with Gasteiger partial charge in [0, 0.05) is 0 Å². The fraction of sp³-hybridized carbons (Fsp3) is 0. The van der Waals surface area contributed by atoms with Crippen LogP contribution in [0.25, 0.3) is 11.0 Å². The molecule has 9 nitrogen and oxygen atoms in total. The lowest BCUT2D eigenvalue weighted by atomic mass is 10.1. The molecule has 3 rings (SSSR count). The van der Waals surface area contributed by atoms with Crippen LogP contribution in [0.4, 0.5) is 0 Å². The molecule has 1 heterocycles. The number of aromatic carboxylic acids is 3. The van der Waals surface area contributed by atoms with E-state index in [9.17, 15) is 14.4 Å². The third-order valence-electron chi connectivity index (χ3n) is 2.90. The molecule has 0 fully saturated rings. The second kappa shape index (κ2) is 7.01. The zero-order valence-electron chi connectivity index (χ0n) is 12.0. The third kappa shape index (κ3) is 3.91. The maximum atomic E-state index is 10.6. The van der Waals surface area contributed by atoms with Crippen molar-refractivity contribution in [1.29, 1.82) is 0 Å². The van der Waals surface area contributed by atoms with Gasteiger partial charge in [-0.05, 0) is 30.3 Å². The highest BCUT2D eigenvalue weighted by Crippen LogP contribution is 2.11. The summed E-state index contributed by atoms with van der Waals surface area (Å²) in [6, 6.07) is 10.4. The number of benzene rings is 2. The Kier molecular flexibility index (Phi) is 4.85. The number of hydrogen-bond donors (Lipinski definition) is 4. The van der Waals surface area contributed by atoms with E-state index >= 15 is 0 Å². The summed E-state index contributed by atoms with van der Waals surface area (Å²) in [4.78, 5) is 31.7. The van der Waals surface area contributed by atoms with Crippen molar-refractivity contribution in [2.75, 3.05) is 0 Å². The lowest BCUT2D eigenvalue weighted by Crippen LogP contribution is -2.07. The molecule has 0 radical (unpaired) electrons. The summed E-state index contributed by atoms with van der Waals surface area (Å²) >= 11 is 0. The van der Waals surface area contributed by atoms with Crippen LogP contribution in [0.5, 0.6) is 0 Å². The molecular weight excluding hydrogens is 318 g/mol. The molecule has 0 bridgehead atoms. The Balaban J connectivity index is 0.000000194. The molecule has 0 atom stereocenters. The van der Waals surface area contributed by atoms with Gasteiger partial charge in [-0.15, -0.1) is 0 Å². The molecule has 0 spiro atoms. The molecule has 0 aliphatic rings. The van der Waals surface area contributed by atoms with E-state index in [0.29, 0.717) is 0 Å². The molecule has 0 unspecified atom stereocenters. The van der Waals surface area contributed by atoms with Crippen molar-refractivity contribution in [3.05, 3.63) is 59.2 Å². The van der Waals surface area contributed by atoms with Gasteiger partial charge in [0.2, 0.25) is 0 Å². The van der Waals surface area contributed by atoms with E-state index in [1.165, 1.54) is 0 Å². The molecule has 1 aromatic heterocycles. The van der Waals surface area contributed by atoms with Crippen LogP contribution in [0.1, 0.15) is 31.1 Å². The van der Waals surface area contributed by atoms with E-state index in [2.05, 4.69) is 15.4 Å². The summed E-state index contributed by atoms with van der Waals surface area (Å²) < 4.78 is 0. The SMILES string of the molecule is O=C(O)c1cc(C(=O)O)cc(C(=O)O)c1.c1ccc2n[nH]nc2c1. The number of carboxylic acids is 3. The number of fused-ring (bicyclic) bond motifs is 1. The number of carboxylic acid groups (broad SMARTS) is 3. The highest BCUT2D eigenvalue weighted by Gasteiger charge is 2.14. The minimum atomic E-state index is -1.37. The van der Waals surface area contributed by atoms with Crippen molar-refractivity contribution in [3.63, 3.8) is 0 Å². The van der Waals surface area contributed by atoms with Gasteiger partial charge in [-0.1, -0.05) is 12.1 Å². The second-order valence-electron chi connectivity index (χ2n) is 4.53. The normalized spacial score (nSPS) is 9.83. The minimum absolute atomic E-state index is 0.368. The maximum Gasteiger partial charge on any atom is 0.335 e. The molecule has 0 saturated heterocycles. The van der Waals surface area contributed by atoms with Crippen LogP contribution in [0.2, 0.25) is 0 Å².